The summed E-state index contributed by atoms with van der Waals surface area (Å²) < 4.78 is 0. The smallest absolute Gasteiger partial charge is 0.285 e. The standard InChI is InChI=1S/C12H12ClN3O/c1-8-2-4-9(5-3-8)6-14-10-7-15-16-12(17)11(10)13/h2-5,7H,6H2,1H3,(H2,14,16,17). The molecular weight excluding hydrogens is 238 g/mol. The van der Waals surface area contributed by atoms with Crippen molar-refractivity contribution in [2.75, 3.05) is 5.32 Å². The van der Waals surface area contributed by atoms with Gasteiger partial charge in [0.15, 0.2) is 0 Å². The summed E-state index contributed by atoms with van der Waals surface area (Å²) in [7, 11) is 0. The van der Waals surface area contributed by atoms with Crippen LogP contribution in [0.1, 0.15) is 11.1 Å². The number of anilines is 1. The molecule has 0 aliphatic carbocycles. The highest BCUT2D eigenvalue weighted by Gasteiger charge is 2.03. The Kier molecular flexibility index (Phi) is 3.44. The molecule has 2 N–H and O–H groups in total. The third-order valence-electron chi connectivity index (χ3n) is 2.40. The molecule has 2 rings (SSSR count). The number of aromatic nitrogens is 2. The molecule has 4 nitrogen and oxygen atoms in total. The van der Waals surface area contributed by atoms with Crippen molar-refractivity contribution in [3.8, 4) is 0 Å². The largest absolute Gasteiger partial charge is 0.378 e. The number of halogens is 1. The van der Waals surface area contributed by atoms with E-state index in [1.165, 1.54) is 11.8 Å². The third-order valence-corrected chi connectivity index (χ3v) is 2.77. The maximum atomic E-state index is 11.2. The first kappa shape index (κ1) is 11.7. The van der Waals surface area contributed by atoms with Crippen molar-refractivity contribution in [1.82, 2.24) is 10.2 Å². The molecule has 0 amide bonds. The van der Waals surface area contributed by atoms with Gasteiger partial charge in [0.1, 0.15) is 5.02 Å². The second-order valence-corrected chi connectivity index (χ2v) is 4.14. The van der Waals surface area contributed by atoms with Crippen LogP contribution in [-0.2, 0) is 6.54 Å². The Hall–Kier alpha value is -1.81. The topological polar surface area (TPSA) is 57.8 Å². The second-order valence-electron chi connectivity index (χ2n) is 3.77. The number of nitrogens with one attached hydrogen (secondary N) is 2. The predicted octanol–water partition coefficient (Wildman–Crippen LogP) is 2.34. The number of hydrogen-bond acceptors (Lipinski definition) is 3. The van der Waals surface area contributed by atoms with Gasteiger partial charge in [-0.1, -0.05) is 41.4 Å². The van der Waals surface area contributed by atoms with Crippen molar-refractivity contribution in [2.45, 2.75) is 13.5 Å². The Morgan fingerprint density at radius 2 is 2.06 bits per heavy atom. The van der Waals surface area contributed by atoms with E-state index in [1.54, 1.807) is 0 Å². The maximum Gasteiger partial charge on any atom is 0.285 e. The zero-order valence-electron chi connectivity index (χ0n) is 9.33. The van der Waals surface area contributed by atoms with Crippen LogP contribution in [0.5, 0.6) is 0 Å². The molecular formula is C12H12ClN3O. The molecule has 1 heterocycles. The Morgan fingerprint density at radius 1 is 1.35 bits per heavy atom. The normalized spacial score (nSPS) is 10.2. The van der Waals surface area contributed by atoms with Crippen LogP contribution < -0.4 is 10.9 Å². The molecule has 0 radical (unpaired) electrons. The Balaban J connectivity index is 2.10. The van der Waals surface area contributed by atoms with Crippen LogP contribution in [0.4, 0.5) is 5.69 Å². The fourth-order valence-electron chi connectivity index (χ4n) is 1.41. The Labute approximate surface area is 104 Å². The van der Waals surface area contributed by atoms with Gasteiger partial charge in [-0.15, -0.1) is 0 Å². The predicted molar refractivity (Wildman–Crippen MR) is 68.4 cm³/mol. The summed E-state index contributed by atoms with van der Waals surface area (Å²) in [6.07, 6.45) is 1.50. The molecule has 5 heteroatoms. The molecule has 0 saturated heterocycles. The van der Waals surface area contributed by atoms with Crippen molar-refractivity contribution < 1.29 is 0 Å². The number of aromatic amines is 1. The number of H-pyrrole nitrogens is 1. The van der Waals surface area contributed by atoms with E-state index in [2.05, 4.69) is 15.5 Å². The SMILES string of the molecule is Cc1ccc(CNc2cn[nH]c(=O)c2Cl)cc1. The first-order valence-corrected chi connectivity index (χ1v) is 5.57. The molecule has 0 aliphatic heterocycles. The van der Waals surface area contributed by atoms with E-state index in [9.17, 15) is 4.79 Å². The highest BCUT2D eigenvalue weighted by Crippen LogP contribution is 2.15. The van der Waals surface area contributed by atoms with Gasteiger partial charge in [0, 0.05) is 6.54 Å². The minimum absolute atomic E-state index is 0.132. The molecule has 0 unspecified atom stereocenters. The highest BCUT2D eigenvalue weighted by molar-refractivity contribution is 6.32. The van der Waals surface area contributed by atoms with Crippen molar-refractivity contribution in [1.29, 1.82) is 0 Å². The maximum absolute atomic E-state index is 11.2. The number of hydrogen-bond donors (Lipinski definition) is 2. The van der Waals surface area contributed by atoms with Crippen LogP contribution in [0.3, 0.4) is 0 Å². The van der Waals surface area contributed by atoms with E-state index in [4.69, 9.17) is 11.6 Å². The summed E-state index contributed by atoms with van der Waals surface area (Å²) >= 11 is 5.84. The molecule has 0 saturated carbocycles. The molecule has 2 aromatic rings. The fraction of sp³-hybridized carbons (Fsp3) is 0.167. The minimum Gasteiger partial charge on any atom is -0.378 e. The number of aryl methyl sites for hydroxylation is 1. The van der Waals surface area contributed by atoms with E-state index in [-0.39, 0.29) is 10.6 Å². The molecule has 1 aromatic heterocycles. The molecule has 1 aromatic carbocycles. The van der Waals surface area contributed by atoms with E-state index in [1.807, 2.05) is 31.2 Å². The Morgan fingerprint density at radius 3 is 2.76 bits per heavy atom. The Bertz CT molecular complexity index is 563. The molecule has 0 atom stereocenters. The van der Waals surface area contributed by atoms with Crippen molar-refractivity contribution in [3.05, 3.63) is 57.0 Å². The summed E-state index contributed by atoms with van der Waals surface area (Å²) in [5.41, 5.74) is 2.48. The van der Waals surface area contributed by atoms with E-state index in [0.717, 1.165) is 5.56 Å². The first-order valence-electron chi connectivity index (χ1n) is 5.19. The summed E-state index contributed by atoms with van der Waals surface area (Å²) in [5.74, 6) is 0. The lowest BCUT2D eigenvalue weighted by Gasteiger charge is -2.07. The van der Waals surface area contributed by atoms with Gasteiger partial charge < -0.3 is 5.32 Å². The lowest BCUT2D eigenvalue weighted by atomic mass is 10.1. The zero-order chi connectivity index (χ0) is 12.3. The van der Waals surface area contributed by atoms with Gasteiger partial charge in [-0.05, 0) is 12.5 Å². The molecule has 17 heavy (non-hydrogen) atoms. The van der Waals surface area contributed by atoms with Crippen molar-refractivity contribution in [3.63, 3.8) is 0 Å². The number of benzene rings is 1. The highest BCUT2D eigenvalue weighted by atomic mass is 35.5. The van der Waals surface area contributed by atoms with Gasteiger partial charge >= 0.3 is 0 Å². The molecule has 88 valence electrons. The van der Waals surface area contributed by atoms with Gasteiger partial charge in [0.05, 0.1) is 11.9 Å². The van der Waals surface area contributed by atoms with Crippen molar-refractivity contribution in [2.24, 2.45) is 0 Å². The lowest BCUT2D eigenvalue weighted by molar-refractivity contribution is 0.981. The average molecular weight is 250 g/mol. The van der Waals surface area contributed by atoms with Crippen molar-refractivity contribution >= 4 is 17.3 Å². The van der Waals surface area contributed by atoms with Gasteiger partial charge in [-0.25, -0.2) is 5.10 Å². The lowest BCUT2D eigenvalue weighted by Crippen LogP contribution is -2.11. The summed E-state index contributed by atoms with van der Waals surface area (Å²) in [5, 5.41) is 9.16. The van der Waals surface area contributed by atoms with Crippen LogP contribution in [0.2, 0.25) is 5.02 Å². The van der Waals surface area contributed by atoms with Crippen LogP contribution >= 0.6 is 11.6 Å². The third kappa shape index (κ3) is 2.85. The monoisotopic (exact) mass is 249 g/mol. The molecule has 0 spiro atoms. The van der Waals surface area contributed by atoms with Crippen LogP contribution in [0.15, 0.2) is 35.3 Å². The fourth-order valence-corrected chi connectivity index (χ4v) is 1.57. The number of rotatable bonds is 3. The van der Waals surface area contributed by atoms with Gasteiger partial charge in [0.25, 0.3) is 5.56 Å². The van der Waals surface area contributed by atoms with E-state index >= 15 is 0 Å². The summed E-state index contributed by atoms with van der Waals surface area (Å²) in [6.45, 7) is 2.64. The van der Waals surface area contributed by atoms with Gasteiger partial charge in [-0.2, -0.15) is 5.10 Å². The van der Waals surface area contributed by atoms with Crippen LogP contribution in [-0.4, -0.2) is 10.2 Å². The van der Waals surface area contributed by atoms with Crippen LogP contribution in [0, 0.1) is 6.92 Å². The quantitative estimate of drug-likeness (QED) is 0.878. The minimum atomic E-state index is -0.388. The summed E-state index contributed by atoms with van der Waals surface area (Å²) in [4.78, 5) is 11.2. The zero-order valence-corrected chi connectivity index (χ0v) is 10.1. The van der Waals surface area contributed by atoms with Gasteiger partial charge in [-0.3, -0.25) is 4.79 Å². The second kappa shape index (κ2) is 5.01. The number of nitrogens with zero attached hydrogens (tertiary/aromatic N) is 1. The van der Waals surface area contributed by atoms with E-state index in [0.29, 0.717) is 12.2 Å². The molecule has 0 aliphatic rings. The molecule has 0 bridgehead atoms. The molecule has 0 fully saturated rings. The summed E-state index contributed by atoms with van der Waals surface area (Å²) in [6, 6.07) is 8.12. The van der Waals surface area contributed by atoms with Crippen LogP contribution in [0.25, 0.3) is 0 Å². The van der Waals surface area contributed by atoms with Gasteiger partial charge in [0.2, 0.25) is 0 Å². The first-order chi connectivity index (χ1) is 8.16. The van der Waals surface area contributed by atoms with E-state index < -0.39 is 0 Å². The average Bonchev–Trinajstić information content (AvgIpc) is 2.33.